The molecule has 9 heteroatoms. The Balaban J connectivity index is 1.61. The first-order chi connectivity index (χ1) is 15.6. The molecule has 0 bridgehead atoms. The first-order valence-electron chi connectivity index (χ1n) is 10.5. The number of hydrogen-bond acceptors (Lipinski definition) is 8. The quantitative estimate of drug-likeness (QED) is 0.374. The minimum atomic E-state index is -1.12. The number of rotatable bonds is 9. The van der Waals surface area contributed by atoms with Crippen LogP contribution in [-0.2, 0) is 25.5 Å². The molecular formula is C24H27N3O6. The fourth-order valence-corrected chi connectivity index (χ4v) is 3.11. The van der Waals surface area contributed by atoms with Crippen LogP contribution in [0.3, 0.4) is 0 Å². The van der Waals surface area contributed by atoms with E-state index in [-0.39, 0.29) is 31.0 Å². The number of phenols is 1. The molecule has 33 heavy (non-hydrogen) atoms. The van der Waals surface area contributed by atoms with Gasteiger partial charge in [0.15, 0.2) is 0 Å². The van der Waals surface area contributed by atoms with Gasteiger partial charge < -0.3 is 19.7 Å². The van der Waals surface area contributed by atoms with Crippen molar-refractivity contribution in [3.05, 3.63) is 59.2 Å². The number of esters is 2. The van der Waals surface area contributed by atoms with E-state index in [0.29, 0.717) is 28.7 Å². The number of aliphatic hydroxyl groups excluding tert-OH is 1. The van der Waals surface area contributed by atoms with E-state index in [2.05, 4.69) is 16.8 Å². The van der Waals surface area contributed by atoms with Gasteiger partial charge in [-0.1, -0.05) is 18.7 Å². The maximum Gasteiger partial charge on any atom is 0.333 e. The number of carbonyl (C=O) groups is 2. The number of aryl methyl sites for hydroxylation is 3. The average molecular weight is 453 g/mol. The van der Waals surface area contributed by atoms with Crippen LogP contribution in [-0.4, -0.2) is 56.5 Å². The molecule has 0 spiro atoms. The van der Waals surface area contributed by atoms with E-state index in [4.69, 9.17) is 9.47 Å². The van der Waals surface area contributed by atoms with E-state index in [9.17, 15) is 19.8 Å². The first kappa shape index (κ1) is 23.9. The summed E-state index contributed by atoms with van der Waals surface area (Å²) >= 11 is 0. The molecule has 0 saturated heterocycles. The lowest BCUT2D eigenvalue weighted by molar-refractivity contribution is -0.150. The topological polar surface area (TPSA) is 124 Å². The molecular weight excluding hydrogens is 426 g/mol. The predicted molar refractivity (Wildman–Crippen MR) is 121 cm³/mol. The molecule has 0 aliphatic carbocycles. The third kappa shape index (κ3) is 6.17. The van der Waals surface area contributed by atoms with Gasteiger partial charge in [-0.25, -0.2) is 4.79 Å². The number of fused-ring (bicyclic) bond motifs is 1. The first-order valence-corrected chi connectivity index (χ1v) is 10.5. The van der Waals surface area contributed by atoms with Gasteiger partial charge >= 0.3 is 11.9 Å². The Morgan fingerprint density at radius 2 is 1.79 bits per heavy atom. The molecule has 2 N–H and O–H groups in total. The Labute approximate surface area is 191 Å². The molecule has 0 saturated carbocycles. The summed E-state index contributed by atoms with van der Waals surface area (Å²) in [5.41, 5.74) is 4.54. The summed E-state index contributed by atoms with van der Waals surface area (Å²) in [6.45, 7) is 8.09. The fourth-order valence-electron chi connectivity index (χ4n) is 3.11. The van der Waals surface area contributed by atoms with Crippen LogP contribution < -0.4 is 0 Å². The minimum absolute atomic E-state index is 0.0609. The van der Waals surface area contributed by atoms with Crippen LogP contribution in [0.4, 0.5) is 0 Å². The predicted octanol–water partition coefficient (Wildman–Crippen LogP) is 2.70. The largest absolute Gasteiger partial charge is 0.505 e. The second-order valence-electron chi connectivity index (χ2n) is 7.98. The van der Waals surface area contributed by atoms with Crippen molar-refractivity contribution in [2.45, 2.75) is 39.7 Å². The zero-order valence-corrected chi connectivity index (χ0v) is 18.9. The van der Waals surface area contributed by atoms with E-state index in [1.807, 2.05) is 25.1 Å². The van der Waals surface area contributed by atoms with Crippen molar-refractivity contribution in [3.63, 3.8) is 0 Å². The lowest BCUT2D eigenvalue weighted by Crippen LogP contribution is -2.25. The van der Waals surface area contributed by atoms with Crippen LogP contribution in [0.2, 0.25) is 0 Å². The molecule has 3 rings (SSSR count). The Morgan fingerprint density at radius 1 is 1.09 bits per heavy atom. The van der Waals surface area contributed by atoms with Gasteiger partial charge in [-0.15, -0.1) is 15.0 Å². The molecule has 174 valence electrons. The van der Waals surface area contributed by atoms with Crippen molar-refractivity contribution in [3.8, 4) is 11.4 Å². The molecule has 0 aliphatic rings. The van der Waals surface area contributed by atoms with Crippen LogP contribution in [0.1, 0.15) is 30.0 Å². The second kappa shape index (κ2) is 10.3. The van der Waals surface area contributed by atoms with Crippen molar-refractivity contribution < 1.29 is 29.3 Å². The lowest BCUT2D eigenvalue weighted by atomic mass is 10.0. The van der Waals surface area contributed by atoms with Gasteiger partial charge in [-0.3, -0.25) is 4.79 Å². The van der Waals surface area contributed by atoms with Crippen molar-refractivity contribution in [1.82, 2.24) is 15.0 Å². The summed E-state index contributed by atoms with van der Waals surface area (Å²) in [6.07, 6.45) is -0.702. The van der Waals surface area contributed by atoms with E-state index >= 15 is 0 Å². The lowest BCUT2D eigenvalue weighted by Gasteiger charge is -2.12. The number of hydrogen-bond donors (Lipinski definition) is 2. The van der Waals surface area contributed by atoms with Crippen molar-refractivity contribution in [2.24, 2.45) is 0 Å². The molecule has 1 unspecified atom stereocenters. The number of nitrogens with zero attached hydrogens (tertiary/aromatic N) is 3. The van der Waals surface area contributed by atoms with Crippen LogP contribution >= 0.6 is 0 Å². The van der Waals surface area contributed by atoms with Gasteiger partial charge in [0.1, 0.15) is 41.8 Å². The average Bonchev–Trinajstić information content (AvgIpc) is 3.19. The molecule has 1 aromatic heterocycles. The Hall–Kier alpha value is -3.72. The highest BCUT2D eigenvalue weighted by Gasteiger charge is 2.15. The van der Waals surface area contributed by atoms with Crippen LogP contribution in [0.15, 0.2) is 42.5 Å². The highest BCUT2D eigenvalue weighted by molar-refractivity contribution is 5.86. The third-order valence-corrected chi connectivity index (χ3v) is 4.90. The summed E-state index contributed by atoms with van der Waals surface area (Å²) < 4.78 is 9.87. The zero-order chi connectivity index (χ0) is 24.1. The van der Waals surface area contributed by atoms with Crippen molar-refractivity contribution in [2.75, 3.05) is 13.2 Å². The number of benzene rings is 2. The molecule has 2 aromatic carbocycles. The molecule has 0 amide bonds. The molecule has 0 fully saturated rings. The number of aromatic nitrogens is 3. The maximum absolute atomic E-state index is 12.1. The number of aliphatic hydroxyl groups is 1. The smallest absolute Gasteiger partial charge is 0.333 e. The number of phenolic OH excluding ortho intramolecular Hbond substituents is 1. The second-order valence-corrected chi connectivity index (χ2v) is 7.98. The highest BCUT2D eigenvalue weighted by atomic mass is 16.6. The van der Waals surface area contributed by atoms with Crippen molar-refractivity contribution in [1.29, 1.82) is 0 Å². The summed E-state index contributed by atoms with van der Waals surface area (Å²) in [5.74, 6) is -1.06. The number of carbonyl (C=O) groups excluding carboxylic acids is 2. The molecule has 0 aliphatic heterocycles. The third-order valence-electron chi connectivity index (χ3n) is 4.90. The highest BCUT2D eigenvalue weighted by Crippen LogP contribution is 2.28. The fraction of sp³-hybridized carbons (Fsp3) is 0.333. The van der Waals surface area contributed by atoms with Crippen molar-refractivity contribution >= 4 is 23.0 Å². The molecule has 1 heterocycles. The SMILES string of the molecule is C=C(C)C(=O)OCC(O)COC(=O)CCc1cc(C)c(O)c(-n2nc3ccc(C)cc3n2)c1. The van der Waals surface area contributed by atoms with Crippen LogP contribution in [0, 0.1) is 13.8 Å². The Morgan fingerprint density at radius 3 is 2.52 bits per heavy atom. The van der Waals surface area contributed by atoms with Gasteiger partial charge in [-0.05, 0) is 62.1 Å². The summed E-state index contributed by atoms with van der Waals surface area (Å²) in [6, 6.07) is 9.23. The van der Waals surface area contributed by atoms with Gasteiger partial charge in [0.2, 0.25) is 0 Å². The Kier molecular flexibility index (Phi) is 7.44. The standard InChI is InChI=1S/C24H27N3O6/c1-14(2)24(31)33-13-18(28)12-32-22(29)8-6-17-10-16(4)23(30)21(11-17)27-25-19-7-5-15(3)9-20(19)26-27/h5,7,9-11,18,28,30H,1,6,8,12-13H2,2-4H3. The van der Waals surface area contributed by atoms with E-state index in [1.54, 1.807) is 19.1 Å². The monoisotopic (exact) mass is 453 g/mol. The molecule has 3 aromatic rings. The summed E-state index contributed by atoms with van der Waals surface area (Å²) in [7, 11) is 0. The number of aromatic hydroxyl groups is 1. The zero-order valence-electron chi connectivity index (χ0n) is 18.9. The van der Waals surface area contributed by atoms with Gasteiger partial charge in [0, 0.05) is 12.0 Å². The Bertz CT molecular complexity index is 1200. The summed E-state index contributed by atoms with van der Waals surface area (Å²) in [4.78, 5) is 24.8. The maximum atomic E-state index is 12.1. The molecule has 9 nitrogen and oxygen atoms in total. The minimum Gasteiger partial charge on any atom is -0.505 e. The van der Waals surface area contributed by atoms with Gasteiger partial charge in [0.25, 0.3) is 0 Å². The van der Waals surface area contributed by atoms with Crippen LogP contribution in [0.5, 0.6) is 5.75 Å². The summed E-state index contributed by atoms with van der Waals surface area (Å²) in [5, 5.41) is 29.2. The normalized spacial score (nSPS) is 11.9. The van der Waals surface area contributed by atoms with E-state index in [1.165, 1.54) is 11.7 Å². The van der Waals surface area contributed by atoms with E-state index in [0.717, 1.165) is 11.1 Å². The van der Waals surface area contributed by atoms with Gasteiger partial charge in [-0.2, -0.15) is 0 Å². The van der Waals surface area contributed by atoms with E-state index < -0.39 is 18.0 Å². The van der Waals surface area contributed by atoms with Crippen LogP contribution in [0.25, 0.3) is 16.7 Å². The molecule has 1 atom stereocenters. The molecule has 0 radical (unpaired) electrons. The van der Waals surface area contributed by atoms with Gasteiger partial charge in [0.05, 0.1) is 0 Å². The number of ether oxygens (including phenoxy) is 2.